The molecule has 1 amide bonds. The summed E-state index contributed by atoms with van der Waals surface area (Å²) in [6, 6.07) is 14.1. The minimum atomic E-state index is 0.0142. The molecule has 0 unspecified atom stereocenters. The fraction of sp³-hybridized carbons (Fsp3) is 0.400. The number of halogens is 1. The Morgan fingerprint density at radius 2 is 1.93 bits per heavy atom. The Morgan fingerprint density at radius 3 is 2.67 bits per heavy atom. The molecule has 0 bridgehead atoms. The van der Waals surface area contributed by atoms with Gasteiger partial charge in [0.05, 0.1) is 0 Å². The molecule has 4 nitrogen and oxygen atoms in total. The van der Waals surface area contributed by atoms with Gasteiger partial charge in [-0.15, -0.1) is 0 Å². The number of carbonyl (C=O) groups is 1. The maximum Gasteiger partial charge on any atom is 0.246 e. The maximum atomic E-state index is 13.1. The van der Waals surface area contributed by atoms with Gasteiger partial charge in [0.15, 0.2) is 0 Å². The van der Waals surface area contributed by atoms with E-state index in [1.54, 1.807) is 6.08 Å². The molecule has 0 saturated heterocycles. The number of amides is 1. The van der Waals surface area contributed by atoms with E-state index in [2.05, 4.69) is 34.9 Å². The van der Waals surface area contributed by atoms with Crippen LogP contribution in [0, 0.1) is 0 Å². The molecule has 3 rings (SSSR count). The lowest BCUT2D eigenvalue weighted by Gasteiger charge is -2.28. The van der Waals surface area contributed by atoms with Crippen LogP contribution >= 0.6 is 11.6 Å². The van der Waals surface area contributed by atoms with Crippen LogP contribution in [0.15, 0.2) is 48.5 Å². The molecule has 0 N–H and O–H groups in total. The molecule has 1 aliphatic heterocycles. The van der Waals surface area contributed by atoms with Crippen molar-refractivity contribution in [2.75, 3.05) is 40.3 Å². The number of benzene rings is 2. The minimum Gasteiger partial charge on any atom is -0.333 e. The van der Waals surface area contributed by atoms with Crippen LogP contribution in [0.5, 0.6) is 0 Å². The molecule has 2 aromatic carbocycles. The molecule has 0 spiro atoms. The van der Waals surface area contributed by atoms with Crippen molar-refractivity contribution in [1.29, 1.82) is 0 Å². The summed E-state index contributed by atoms with van der Waals surface area (Å²) in [6.45, 7) is 7.30. The lowest BCUT2D eigenvalue weighted by molar-refractivity contribution is -0.126. The summed E-state index contributed by atoms with van der Waals surface area (Å²) in [4.78, 5) is 19.5. The monoisotopic (exact) mass is 425 g/mol. The van der Waals surface area contributed by atoms with Crippen molar-refractivity contribution in [3.8, 4) is 0 Å². The summed E-state index contributed by atoms with van der Waals surface area (Å²) in [5.41, 5.74) is 4.87. The van der Waals surface area contributed by atoms with E-state index in [1.165, 1.54) is 11.1 Å². The summed E-state index contributed by atoms with van der Waals surface area (Å²) in [5, 5.41) is 0.696. The Morgan fingerprint density at radius 1 is 1.13 bits per heavy atom. The second-order valence-electron chi connectivity index (χ2n) is 8.09. The zero-order valence-electron chi connectivity index (χ0n) is 18.3. The number of likely N-dealkylation sites (N-methyl/N-ethyl adjacent to an activating group) is 2. The molecule has 1 heterocycles. The van der Waals surface area contributed by atoms with Gasteiger partial charge in [0.2, 0.25) is 5.91 Å². The summed E-state index contributed by atoms with van der Waals surface area (Å²) in [7, 11) is 4.04. The molecule has 5 heteroatoms. The predicted octanol–water partition coefficient (Wildman–Crippen LogP) is 4.32. The van der Waals surface area contributed by atoms with Gasteiger partial charge in [-0.3, -0.25) is 9.69 Å². The second kappa shape index (κ2) is 10.8. The number of fused-ring (bicyclic) bond motifs is 1. The van der Waals surface area contributed by atoms with Gasteiger partial charge in [0.1, 0.15) is 0 Å². The van der Waals surface area contributed by atoms with Crippen molar-refractivity contribution in [2.24, 2.45) is 0 Å². The highest BCUT2D eigenvalue weighted by Crippen LogP contribution is 2.24. The lowest BCUT2D eigenvalue weighted by atomic mass is 9.94. The van der Waals surface area contributed by atoms with E-state index >= 15 is 0 Å². The van der Waals surface area contributed by atoms with Crippen LogP contribution < -0.4 is 0 Å². The Hall–Kier alpha value is -2.14. The molecule has 160 valence electrons. The van der Waals surface area contributed by atoms with E-state index in [9.17, 15) is 4.79 Å². The first kappa shape index (κ1) is 22.5. The molecular weight excluding hydrogens is 394 g/mol. The van der Waals surface area contributed by atoms with Gasteiger partial charge < -0.3 is 9.80 Å². The van der Waals surface area contributed by atoms with Crippen LogP contribution in [-0.4, -0.2) is 60.9 Å². The van der Waals surface area contributed by atoms with Crippen LogP contribution in [0.2, 0.25) is 5.02 Å². The predicted molar refractivity (Wildman–Crippen MR) is 126 cm³/mol. The molecule has 30 heavy (non-hydrogen) atoms. The molecule has 0 fully saturated rings. The van der Waals surface area contributed by atoms with E-state index in [0.29, 0.717) is 18.1 Å². The smallest absolute Gasteiger partial charge is 0.246 e. The Kier molecular flexibility index (Phi) is 8.08. The topological polar surface area (TPSA) is 26.8 Å². The third-order valence-corrected chi connectivity index (χ3v) is 6.05. The highest BCUT2D eigenvalue weighted by Gasteiger charge is 2.17. The van der Waals surface area contributed by atoms with Crippen LogP contribution in [0.4, 0.5) is 0 Å². The van der Waals surface area contributed by atoms with Crippen LogP contribution in [0.3, 0.4) is 0 Å². The van der Waals surface area contributed by atoms with Gasteiger partial charge in [0.25, 0.3) is 0 Å². The summed E-state index contributed by atoms with van der Waals surface area (Å²) in [6.07, 6.45) is 4.73. The van der Waals surface area contributed by atoms with Crippen molar-refractivity contribution in [3.63, 3.8) is 0 Å². The minimum absolute atomic E-state index is 0.0142. The van der Waals surface area contributed by atoms with Crippen molar-refractivity contribution >= 4 is 23.6 Å². The fourth-order valence-corrected chi connectivity index (χ4v) is 4.01. The first-order chi connectivity index (χ1) is 14.5. The molecule has 1 aliphatic rings. The van der Waals surface area contributed by atoms with Gasteiger partial charge in [0, 0.05) is 43.8 Å². The number of carbonyl (C=O) groups excluding carboxylic acids is 1. The molecule has 0 saturated carbocycles. The van der Waals surface area contributed by atoms with E-state index in [0.717, 1.165) is 43.7 Å². The SMILES string of the molecule is CCN1CCc2c(C=CC(=O)N(CCN(C)C)Cc3ccccc3Cl)cccc2C1. The fourth-order valence-electron chi connectivity index (χ4n) is 3.81. The standard InChI is InChI=1S/C25H32ClN3O/c1-4-28-15-14-23-20(9-7-10-21(23)18-28)12-13-25(30)29(17-16-27(2)3)19-22-8-5-6-11-24(22)26/h5-13H,4,14-19H2,1-3H3. The van der Waals surface area contributed by atoms with E-state index in [-0.39, 0.29) is 5.91 Å². The highest BCUT2D eigenvalue weighted by atomic mass is 35.5. The number of hydrogen-bond donors (Lipinski definition) is 0. The van der Waals surface area contributed by atoms with Crippen LogP contribution in [0.25, 0.3) is 6.08 Å². The Balaban J connectivity index is 1.77. The average molecular weight is 426 g/mol. The van der Waals surface area contributed by atoms with Crippen molar-refractivity contribution in [2.45, 2.75) is 26.4 Å². The Labute approximate surface area is 185 Å². The van der Waals surface area contributed by atoms with E-state index in [4.69, 9.17) is 11.6 Å². The molecule has 0 atom stereocenters. The normalized spacial score (nSPS) is 14.3. The molecule has 2 aromatic rings. The van der Waals surface area contributed by atoms with Gasteiger partial charge >= 0.3 is 0 Å². The number of hydrogen-bond acceptors (Lipinski definition) is 3. The zero-order valence-corrected chi connectivity index (χ0v) is 19.0. The van der Waals surface area contributed by atoms with Gasteiger partial charge in [-0.2, -0.15) is 0 Å². The highest BCUT2D eigenvalue weighted by molar-refractivity contribution is 6.31. The third-order valence-electron chi connectivity index (χ3n) is 5.68. The molecular formula is C25H32ClN3O. The number of nitrogens with zero attached hydrogens (tertiary/aromatic N) is 3. The molecule has 0 aromatic heterocycles. The van der Waals surface area contributed by atoms with Crippen LogP contribution in [0.1, 0.15) is 29.2 Å². The summed E-state index contributed by atoms with van der Waals surface area (Å²) >= 11 is 6.34. The van der Waals surface area contributed by atoms with E-state index in [1.807, 2.05) is 49.3 Å². The number of rotatable bonds is 8. The maximum absolute atomic E-state index is 13.1. The largest absolute Gasteiger partial charge is 0.333 e. The average Bonchev–Trinajstić information content (AvgIpc) is 2.75. The van der Waals surface area contributed by atoms with Gasteiger partial charge in [-0.25, -0.2) is 0 Å². The molecule has 0 radical (unpaired) electrons. The lowest BCUT2D eigenvalue weighted by Crippen LogP contribution is -2.35. The van der Waals surface area contributed by atoms with Crippen molar-refractivity contribution in [1.82, 2.24) is 14.7 Å². The third kappa shape index (κ3) is 5.94. The Bertz CT molecular complexity index is 894. The first-order valence-corrected chi connectivity index (χ1v) is 11.0. The van der Waals surface area contributed by atoms with Crippen LogP contribution in [-0.2, 0) is 24.3 Å². The zero-order chi connectivity index (χ0) is 21.5. The van der Waals surface area contributed by atoms with E-state index < -0.39 is 0 Å². The molecule has 0 aliphatic carbocycles. The quantitative estimate of drug-likeness (QED) is 0.589. The summed E-state index contributed by atoms with van der Waals surface area (Å²) < 4.78 is 0. The van der Waals surface area contributed by atoms with Crippen molar-refractivity contribution in [3.05, 3.63) is 75.8 Å². The van der Waals surface area contributed by atoms with Gasteiger partial charge in [-0.05, 0) is 61.5 Å². The summed E-state index contributed by atoms with van der Waals surface area (Å²) in [5.74, 6) is 0.0142. The first-order valence-electron chi connectivity index (χ1n) is 10.7. The van der Waals surface area contributed by atoms with Gasteiger partial charge in [-0.1, -0.05) is 54.9 Å². The van der Waals surface area contributed by atoms with Crippen molar-refractivity contribution < 1.29 is 4.79 Å². The second-order valence-corrected chi connectivity index (χ2v) is 8.50.